The quantitative estimate of drug-likeness (QED) is 0.684. The van der Waals surface area contributed by atoms with Gasteiger partial charge in [0.05, 0.1) is 0 Å². The van der Waals surface area contributed by atoms with Crippen LogP contribution < -0.4 is 0 Å². The third-order valence-electron chi connectivity index (χ3n) is 1.67. The maximum atomic E-state index is 2.85. The molecule has 0 heterocycles. The van der Waals surface area contributed by atoms with E-state index in [9.17, 15) is 0 Å². The highest BCUT2D eigenvalue weighted by Crippen LogP contribution is 2.25. The molecule has 11 heavy (non-hydrogen) atoms. The molecule has 1 rings (SSSR count). The molecule has 0 nitrogen and oxygen atoms in total. The van der Waals surface area contributed by atoms with Crippen molar-refractivity contribution in [2.24, 2.45) is 0 Å². The minimum Gasteiger partial charge on any atom is -0.130 e. The molecule has 0 aliphatic rings. The largest absolute Gasteiger partial charge is 0.130 e. The lowest BCUT2D eigenvalue weighted by molar-refractivity contribution is 0.897. The summed E-state index contributed by atoms with van der Waals surface area (Å²) in [6.07, 6.45) is 1.19. The molecule has 0 radical (unpaired) electrons. The van der Waals surface area contributed by atoms with Crippen molar-refractivity contribution in [2.45, 2.75) is 19.0 Å². The molecular weight excluding hydrogens is 219 g/mol. The summed E-state index contributed by atoms with van der Waals surface area (Å²) in [5.74, 6) is 0. The van der Waals surface area contributed by atoms with Crippen molar-refractivity contribution in [2.75, 3.05) is 0 Å². The van der Waals surface area contributed by atoms with E-state index in [-0.39, 0.29) is 17.0 Å². The highest BCUT2D eigenvalue weighted by Gasteiger charge is 1.99. The Balaban J connectivity index is 0.000001000. The highest BCUT2D eigenvalue weighted by molar-refractivity contribution is 8.93. The van der Waals surface area contributed by atoms with Crippen LogP contribution in [0.4, 0.5) is 0 Å². The van der Waals surface area contributed by atoms with Gasteiger partial charge in [-0.1, -0.05) is 37.3 Å². The van der Waals surface area contributed by atoms with Gasteiger partial charge in [-0.15, -0.1) is 26.2 Å². The Kier molecular flexibility index (Phi) is 5.81. The van der Waals surface area contributed by atoms with Crippen LogP contribution in [0.2, 0.25) is 0 Å². The molecule has 2 heteroatoms. The number of hydrogen-bond acceptors (Lipinski definition) is 0. The van der Waals surface area contributed by atoms with Gasteiger partial charge in [-0.25, -0.2) is 0 Å². The summed E-state index contributed by atoms with van der Waals surface area (Å²) in [6, 6.07) is 10.6. The Morgan fingerprint density at radius 2 is 1.82 bits per heavy atom. The molecule has 62 valence electrons. The third kappa shape index (κ3) is 3.35. The Morgan fingerprint density at radius 1 is 1.27 bits per heavy atom. The van der Waals surface area contributed by atoms with Gasteiger partial charge < -0.3 is 0 Å². The fourth-order valence-corrected chi connectivity index (χ4v) is 1.16. The molecule has 2 atom stereocenters. The Hall–Kier alpha value is 0.130. The first-order valence-electron chi connectivity index (χ1n) is 3.65. The van der Waals surface area contributed by atoms with Crippen molar-refractivity contribution in [1.82, 2.24) is 0 Å². The average Bonchev–Trinajstić information content (AvgIpc) is 2.05. The first kappa shape index (κ1) is 11.1. The predicted octanol–water partition coefficient (Wildman–Crippen LogP) is 3.59. The van der Waals surface area contributed by atoms with Gasteiger partial charge in [0.15, 0.2) is 0 Å². The zero-order valence-corrected chi connectivity index (χ0v) is 9.52. The number of halogens is 1. The summed E-state index contributed by atoms with van der Waals surface area (Å²) in [6.45, 7) is 2.20. The second-order valence-corrected chi connectivity index (χ2v) is 3.23. The van der Waals surface area contributed by atoms with Gasteiger partial charge in [-0.05, 0) is 17.6 Å². The van der Waals surface area contributed by atoms with E-state index in [1.54, 1.807) is 0 Å². The van der Waals surface area contributed by atoms with Crippen LogP contribution in [0.1, 0.15) is 24.6 Å². The Bertz CT molecular complexity index is 186. The van der Waals surface area contributed by atoms with E-state index >= 15 is 0 Å². The van der Waals surface area contributed by atoms with Gasteiger partial charge >= 0.3 is 0 Å². The van der Waals surface area contributed by atoms with E-state index < -0.39 is 0 Å². The predicted molar refractivity (Wildman–Crippen MR) is 59.5 cm³/mol. The molecule has 0 aliphatic carbocycles. The standard InChI is InChI=1S/C9H13P.BrH/c1-2-9(10)8-6-4-3-5-7-8;/h3-7,9H,2,10H2,1H3;1H. The van der Waals surface area contributed by atoms with Gasteiger partial charge in [0.25, 0.3) is 0 Å². The molecule has 0 fully saturated rings. The summed E-state index contributed by atoms with van der Waals surface area (Å²) in [5.41, 5.74) is 2.04. The lowest BCUT2D eigenvalue weighted by Crippen LogP contribution is -1.84. The fraction of sp³-hybridized carbons (Fsp3) is 0.333. The van der Waals surface area contributed by atoms with Crippen molar-refractivity contribution in [3.05, 3.63) is 35.9 Å². The molecule has 1 aromatic carbocycles. The monoisotopic (exact) mass is 232 g/mol. The zero-order valence-electron chi connectivity index (χ0n) is 6.66. The van der Waals surface area contributed by atoms with Gasteiger partial charge in [0.1, 0.15) is 0 Å². The van der Waals surface area contributed by atoms with Crippen LogP contribution in [0.15, 0.2) is 30.3 Å². The van der Waals surface area contributed by atoms with Crippen LogP contribution in [0, 0.1) is 0 Å². The second-order valence-electron chi connectivity index (χ2n) is 2.43. The van der Waals surface area contributed by atoms with Gasteiger partial charge in [-0.3, -0.25) is 0 Å². The molecule has 1 aromatic rings. The molecule has 0 aromatic heterocycles. The van der Waals surface area contributed by atoms with E-state index in [0.717, 1.165) is 0 Å². The maximum absolute atomic E-state index is 2.85. The molecule has 0 spiro atoms. The topological polar surface area (TPSA) is 0 Å². The van der Waals surface area contributed by atoms with Crippen molar-refractivity contribution in [1.29, 1.82) is 0 Å². The highest BCUT2D eigenvalue weighted by atomic mass is 79.9. The SMILES string of the molecule is Br.CCC(P)c1ccccc1. The molecule has 0 saturated carbocycles. The van der Waals surface area contributed by atoms with Crippen molar-refractivity contribution < 1.29 is 0 Å². The summed E-state index contributed by atoms with van der Waals surface area (Å²) >= 11 is 0. The van der Waals surface area contributed by atoms with Crippen molar-refractivity contribution >= 4 is 26.2 Å². The Labute approximate surface area is 81.4 Å². The lowest BCUT2D eigenvalue weighted by Gasteiger charge is -2.06. The van der Waals surface area contributed by atoms with Gasteiger partial charge in [0.2, 0.25) is 0 Å². The third-order valence-corrected chi connectivity index (χ3v) is 2.52. The normalized spacial score (nSPS) is 11.8. The van der Waals surface area contributed by atoms with Crippen LogP contribution in [0.3, 0.4) is 0 Å². The number of benzene rings is 1. The van der Waals surface area contributed by atoms with E-state index in [1.807, 2.05) is 0 Å². The van der Waals surface area contributed by atoms with Crippen molar-refractivity contribution in [3.8, 4) is 0 Å². The minimum absolute atomic E-state index is 0. The molecule has 0 amide bonds. The smallest absolute Gasteiger partial charge is 0.00172 e. The van der Waals surface area contributed by atoms with Crippen LogP contribution in [0.5, 0.6) is 0 Å². The van der Waals surface area contributed by atoms with E-state index in [2.05, 4.69) is 46.5 Å². The summed E-state index contributed by atoms with van der Waals surface area (Å²) < 4.78 is 0. The molecule has 0 bridgehead atoms. The summed E-state index contributed by atoms with van der Waals surface area (Å²) in [7, 11) is 2.85. The van der Waals surface area contributed by atoms with E-state index in [0.29, 0.717) is 5.66 Å². The second kappa shape index (κ2) is 5.74. The maximum Gasteiger partial charge on any atom is -0.00172 e. The van der Waals surface area contributed by atoms with Crippen LogP contribution in [-0.2, 0) is 0 Å². The number of rotatable bonds is 2. The molecule has 0 saturated heterocycles. The first-order valence-corrected chi connectivity index (χ1v) is 4.31. The van der Waals surface area contributed by atoms with Crippen LogP contribution in [0.25, 0.3) is 0 Å². The molecule has 0 aliphatic heterocycles. The van der Waals surface area contributed by atoms with E-state index in [1.165, 1.54) is 12.0 Å². The van der Waals surface area contributed by atoms with Gasteiger partial charge in [-0.2, -0.15) is 0 Å². The van der Waals surface area contributed by atoms with Crippen LogP contribution in [-0.4, -0.2) is 0 Å². The average molecular weight is 233 g/mol. The summed E-state index contributed by atoms with van der Waals surface area (Å²) in [4.78, 5) is 0. The summed E-state index contributed by atoms with van der Waals surface area (Å²) in [5, 5.41) is 0. The molecular formula is C9H14BrP. The minimum atomic E-state index is 0. The lowest BCUT2D eigenvalue weighted by atomic mass is 10.1. The van der Waals surface area contributed by atoms with Crippen LogP contribution >= 0.6 is 26.2 Å². The molecule has 2 unspecified atom stereocenters. The first-order chi connectivity index (χ1) is 4.84. The molecule has 0 N–H and O–H groups in total. The zero-order chi connectivity index (χ0) is 7.40. The number of hydrogen-bond donors (Lipinski definition) is 0. The van der Waals surface area contributed by atoms with Gasteiger partial charge in [0, 0.05) is 0 Å². The fourth-order valence-electron chi connectivity index (χ4n) is 0.936. The Morgan fingerprint density at radius 3 is 2.27 bits per heavy atom. The van der Waals surface area contributed by atoms with E-state index in [4.69, 9.17) is 0 Å². The van der Waals surface area contributed by atoms with Crippen molar-refractivity contribution in [3.63, 3.8) is 0 Å².